The molecule has 132 valence electrons. The number of hydrogen-bond donors (Lipinski definition) is 1. The van der Waals surface area contributed by atoms with Crippen molar-refractivity contribution in [3.8, 4) is 0 Å². The lowest BCUT2D eigenvalue weighted by molar-refractivity contribution is -0.401. The fourth-order valence-corrected chi connectivity index (χ4v) is 2.10. The highest BCUT2D eigenvalue weighted by atomic mass is 16.6. The number of nitrogens with one attached hydrogen (secondary N) is 1. The third kappa shape index (κ3) is 5.53. The Kier molecular flexibility index (Phi) is 6.27. The zero-order valence-electron chi connectivity index (χ0n) is 14.5. The Morgan fingerprint density at radius 3 is 2.46 bits per heavy atom. The minimum absolute atomic E-state index is 0.0867. The molecular weight excluding hydrogens is 316 g/mol. The summed E-state index contributed by atoms with van der Waals surface area (Å²) in [4.78, 5) is 36.5. The van der Waals surface area contributed by atoms with Gasteiger partial charge in [0.15, 0.2) is 0 Å². The molecule has 0 saturated carbocycles. The molecular formula is C16H22N2O6. The standard InChI is InChI=1S/C16H22N2O6/c1-10-11(6-7-13(19)23-5)14(15(20)24-16(2,3)4)17-12(10)8-9-18(21)22/h8-9,17H,6-7H2,1-5H3/b9-8+. The summed E-state index contributed by atoms with van der Waals surface area (Å²) in [5.41, 5.74) is 1.16. The highest BCUT2D eigenvalue weighted by molar-refractivity contribution is 5.91. The van der Waals surface area contributed by atoms with Crippen LogP contribution in [0.25, 0.3) is 6.08 Å². The smallest absolute Gasteiger partial charge is 0.355 e. The fraction of sp³-hybridized carbons (Fsp3) is 0.500. The van der Waals surface area contributed by atoms with E-state index >= 15 is 0 Å². The van der Waals surface area contributed by atoms with E-state index in [1.807, 2.05) is 0 Å². The van der Waals surface area contributed by atoms with Crippen molar-refractivity contribution >= 4 is 18.0 Å². The van der Waals surface area contributed by atoms with Gasteiger partial charge < -0.3 is 14.5 Å². The van der Waals surface area contributed by atoms with Gasteiger partial charge in [-0.3, -0.25) is 14.9 Å². The molecule has 1 N–H and O–H groups in total. The average Bonchev–Trinajstić information content (AvgIpc) is 2.77. The zero-order chi connectivity index (χ0) is 18.5. The molecule has 8 nitrogen and oxygen atoms in total. The number of ether oxygens (including phenoxy) is 2. The first-order valence-corrected chi connectivity index (χ1v) is 7.38. The average molecular weight is 338 g/mol. The van der Waals surface area contributed by atoms with Crippen molar-refractivity contribution < 1.29 is 24.0 Å². The summed E-state index contributed by atoms with van der Waals surface area (Å²) in [5.74, 6) is -0.987. The number of nitro groups is 1. The largest absolute Gasteiger partial charge is 0.469 e. The van der Waals surface area contributed by atoms with Crippen molar-refractivity contribution in [2.75, 3.05) is 7.11 Å². The van der Waals surface area contributed by atoms with Gasteiger partial charge in [0.25, 0.3) is 0 Å². The van der Waals surface area contributed by atoms with E-state index < -0.39 is 22.5 Å². The van der Waals surface area contributed by atoms with Gasteiger partial charge in [-0.25, -0.2) is 4.79 Å². The Labute approximate surface area is 140 Å². The monoisotopic (exact) mass is 338 g/mol. The van der Waals surface area contributed by atoms with Crippen LogP contribution < -0.4 is 0 Å². The predicted octanol–water partition coefficient (Wildman–Crippen LogP) is 2.63. The molecule has 24 heavy (non-hydrogen) atoms. The van der Waals surface area contributed by atoms with E-state index in [2.05, 4.69) is 9.72 Å². The Morgan fingerprint density at radius 2 is 1.96 bits per heavy atom. The minimum Gasteiger partial charge on any atom is -0.469 e. The lowest BCUT2D eigenvalue weighted by atomic mass is 10.0. The molecule has 0 radical (unpaired) electrons. The molecule has 0 bridgehead atoms. The van der Waals surface area contributed by atoms with Crippen LogP contribution in [0.4, 0.5) is 0 Å². The number of carbonyl (C=O) groups excluding carboxylic acids is 2. The van der Waals surface area contributed by atoms with E-state index in [-0.39, 0.29) is 18.5 Å². The first-order chi connectivity index (χ1) is 11.0. The number of esters is 2. The maximum absolute atomic E-state index is 12.4. The fourth-order valence-electron chi connectivity index (χ4n) is 2.10. The van der Waals surface area contributed by atoms with Gasteiger partial charge in [-0.15, -0.1) is 0 Å². The number of methoxy groups -OCH3 is 1. The van der Waals surface area contributed by atoms with Crippen molar-refractivity contribution in [1.29, 1.82) is 0 Å². The van der Waals surface area contributed by atoms with Crippen LogP contribution in [-0.2, 0) is 20.7 Å². The summed E-state index contributed by atoms with van der Waals surface area (Å²) in [6, 6.07) is 0. The summed E-state index contributed by atoms with van der Waals surface area (Å²) >= 11 is 0. The van der Waals surface area contributed by atoms with Gasteiger partial charge in [0.2, 0.25) is 6.20 Å². The van der Waals surface area contributed by atoms with E-state index in [0.29, 0.717) is 16.8 Å². The Morgan fingerprint density at radius 1 is 1.33 bits per heavy atom. The summed E-state index contributed by atoms with van der Waals surface area (Å²) in [7, 11) is 1.28. The van der Waals surface area contributed by atoms with Gasteiger partial charge in [0, 0.05) is 18.2 Å². The highest BCUT2D eigenvalue weighted by Gasteiger charge is 2.25. The first-order valence-electron chi connectivity index (χ1n) is 7.38. The second-order valence-electron chi connectivity index (χ2n) is 6.20. The van der Waals surface area contributed by atoms with Crippen molar-refractivity contribution in [1.82, 2.24) is 4.98 Å². The SMILES string of the molecule is COC(=O)CCc1c(C(=O)OC(C)(C)C)[nH]c(/C=C/[N+](=O)[O-])c1C. The van der Waals surface area contributed by atoms with E-state index in [4.69, 9.17) is 4.74 Å². The molecule has 1 aromatic rings. The summed E-state index contributed by atoms with van der Waals surface area (Å²) in [5, 5.41) is 10.5. The molecule has 8 heteroatoms. The first kappa shape index (κ1) is 19.4. The number of rotatable bonds is 6. The lowest BCUT2D eigenvalue weighted by Gasteiger charge is -2.19. The van der Waals surface area contributed by atoms with Gasteiger partial charge in [0.1, 0.15) is 11.3 Å². The van der Waals surface area contributed by atoms with Gasteiger partial charge in [0.05, 0.1) is 12.0 Å². The van der Waals surface area contributed by atoms with Crippen LogP contribution in [0.1, 0.15) is 54.5 Å². The molecule has 0 fully saturated rings. The maximum Gasteiger partial charge on any atom is 0.355 e. The third-order valence-corrected chi connectivity index (χ3v) is 3.19. The molecule has 1 aromatic heterocycles. The van der Waals surface area contributed by atoms with E-state index in [1.165, 1.54) is 13.2 Å². The molecule has 0 amide bonds. The molecule has 1 rings (SSSR count). The third-order valence-electron chi connectivity index (χ3n) is 3.19. The normalized spacial score (nSPS) is 11.5. The van der Waals surface area contributed by atoms with Crippen LogP contribution in [0, 0.1) is 17.0 Å². The van der Waals surface area contributed by atoms with Crippen LogP contribution in [-0.4, -0.2) is 34.6 Å². The minimum atomic E-state index is -0.688. The topological polar surface area (TPSA) is 112 Å². The number of aromatic nitrogens is 1. The molecule has 0 spiro atoms. The summed E-state index contributed by atoms with van der Waals surface area (Å²) in [6.45, 7) is 6.93. The quantitative estimate of drug-likeness (QED) is 0.485. The van der Waals surface area contributed by atoms with Crippen molar-refractivity contribution in [2.24, 2.45) is 0 Å². The van der Waals surface area contributed by atoms with Gasteiger partial charge in [-0.05, 0) is 45.2 Å². The zero-order valence-corrected chi connectivity index (χ0v) is 14.5. The molecule has 1 heterocycles. The molecule has 0 aliphatic rings. The Bertz CT molecular complexity index is 667. The van der Waals surface area contributed by atoms with Crippen molar-refractivity contribution in [3.05, 3.63) is 38.8 Å². The van der Waals surface area contributed by atoms with Crippen molar-refractivity contribution in [2.45, 2.75) is 46.1 Å². The van der Waals surface area contributed by atoms with Crippen LogP contribution in [0.15, 0.2) is 6.20 Å². The molecule has 0 aliphatic carbocycles. The van der Waals surface area contributed by atoms with E-state index in [9.17, 15) is 19.7 Å². The predicted molar refractivity (Wildman–Crippen MR) is 87.1 cm³/mol. The number of hydrogen-bond acceptors (Lipinski definition) is 6. The van der Waals surface area contributed by atoms with Crippen molar-refractivity contribution in [3.63, 3.8) is 0 Å². The Hall–Kier alpha value is -2.64. The molecule has 0 aliphatic heterocycles. The lowest BCUT2D eigenvalue weighted by Crippen LogP contribution is -2.24. The van der Waals surface area contributed by atoms with Gasteiger partial charge in [-0.2, -0.15) is 0 Å². The summed E-state index contributed by atoms with van der Waals surface area (Å²) < 4.78 is 9.96. The van der Waals surface area contributed by atoms with Gasteiger partial charge in [-0.1, -0.05) is 0 Å². The molecule has 0 atom stereocenters. The van der Waals surface area contributed by atoms with Gasteiger partial charge >= 0.3 is 11.9 Å². The number of carbonyl (C=O) groups is 2. The highest BCUT2D eigenvalue weighted by Crippen LogP contribution is 2.24. The molecule has 0 saturated heterocycles. The van der Waals surface area contributed by atoms with Crippen LogP contribution >= 0.6 is 0 Å². The molecule has 0 aromatic carbocycles. The molecule has 0 unspecified atom stereocenters. The maximum atomic E-state index is 12.4. The van der Waals surface area contributed by atoms with Crippen LogP contribution in [0.3, 0.4) is 0 Å². The summed E-state index contributed by atoms with van der Waals surface area (Å²) in [6.07, 6.45) is 2.39. The number of aromatic amines is 1. The number of nitrogens with zero attached hydrogens (tertiary/aromatic N) is 1. The second-order valence-corrected chi connectivity index (χ2v) is 6.20. The van der Waals surface area contributed by atoms with E-state index in [0.717, 1.165) is 6.20 Å². The van der Waals surface area contributed by atoms with E-state index in [1.54, 1.807) is 27.7 Å². The Balaban J connectivity index is 3.22. The van der Waals surface area contributed by atoms with Crippen LogP contribution in [0.5, 0.6) is 0 Å². The van der Waals surface area contributed by atoms with Crippen LogP contribution in [0.2, 0.25) is 0 Å². The second kappa shape index (κ2) is 7.76. The number of H-pyrrole nitrogens is 1.